The Labute approximate surface area is 79.5 Å². The predicted molar refractivity (Wildman–Crippen MR) is 49.6 cm³/mol. The summed E-state index contributed by atoms with van der Waals surface area (Å²) < 4.78 is 15.4. The molecule has 0 saturated carbocycles. The van der Waals surface area contributed by atoms with Crippen LogP contribution in [-0.4, -0.2) is 46.3 Å². The summed E-state index contributed by atoms with van der Waals surface area (Å²) in [4.78, 5) is 0. The van der Waals surface area contributed by atoms with Gasteiger partial charge in [0.15, 0.2) is 6.29 Å². The van der Waals surface area contributed by atoms with E-state index < -0.39 is 0 Å². The van der Waals surface area contributed by atoms with Crippen molar-refractivity contribution in [1.29, 1.82) is 0 Å². The van der Waals surface area contributed by atoms with E-state index in [0.29, 0.717) is 12.1 Å². The molecule has 1 N–H and O–H groups in total. The van der Waals surface area contributed by atoms with E-state index in [1.54, 1.807) is 21.3 Å². The number of hydrogen-bond acceptors (Lipinski definition) is 4. The van der Waals surface area contributed by atoms with Crippen LogP contribution in [0.3, 0.4) is 0 Å². The first-order valence-corrected chi connectivity index (χ1v) is 4.62. The molecular formula is C9H19NO3. The van der Waals surface area contributed by atoms with Crippen molar-refractivity contribution < 1.29 is 14.2 Å². The molecule has 0 radical (unpaired) electrons. The molecule has 1 fully saturated rings. The summed E-state index contributed by atoms with van der Waals surface area (Å²) in [5.74, 6) is 0. The van der Waals surface area contributed by atoms with Gasteiger partial charge in [0.05, 0.1) is 12.6 Å². The highest BCUT2D eigenvalue weighted by Crippen LogP contribution is 2.17. The van der Waals surface area contributed by atoms with Crippen LogP contribution in [0.25, 0.3) is 0 Å². The molecule has 0 aromatic heterocycles. The maximum absolute atomic E-state index is 5.18. The summed E-state index contributed by atoms with van der Waals surface area (Å²) in [6.07, 6.45) is 2.07. The van der Waals surface area contributed by atoms with Gasteiger partial charge in [0.1, 0.15) is 0 Å². The summed E-state index contributed by atoms with van der Waals surface area (Å²) in [6, 6.07) is 0.748. The van der Waals surface area contributed by atoms with Gasteiger partial charge in [-0.1, -0.05) is 0 Å². The molecule has 1 rings (SSSR count). The minimum atomic E-state index is -0.137. The first-order chi connectivity index (χ1) is 6.31. The highest BCUT2D eigenvalue weighted by atomic mass is 16.7. The van der Waals surface area contributed by atoms with Crippen LogP contribution >= 0.6 is 0 Å². The Hall–Kier alpha value is -0.160. The summed E-state index contributed by atoms with van der Waals surface area (Å²) in [5.41, 5.74) is 0. The van der Waals surface area contributed by atoms with Crippen LogP contribution in [0, 0.1) is 0 Å². The molecule has 2 atom stereocenters. The number of hydrogen-bond donors (Lipinski definition) is 1. The van der Waals surface area contributed by atoms with Gasteiger partial charge in [-0.2, -0.15) is 0 Å². The predicted octanol–water partition coefficient (Wildman–Crippen LogP) is 0.372. The molecule has 4 nitrogen and oxygen atoms in total. The third-order valence-electron chi connectivity index (χ3n) is 2.44. The second-order valence-electron chi connectivity index (χ2n) is 3.34. The van der Waals surface area contributed by atoms with Gasteiger partial charge in [-0.15, -0.1) is 0 Å². The summed E-state index contributed by atoms with van der Waals surface area (Å²) in [5, 5.41) is 3.42. The van der Waals surface area contributed by atoms with Crippen molar-refractivity contribution in [3.63, 3.8) is 0 Å². The topological polar surface area (TPSA) is 39.7 Å². The largest absolute Gasteiger partial charge is 0.383 e. The fourth-order valence-electron chi connectivity index (χ4n) is 1.82. The van der Waals surface area contributed by atoms with E-state index in [1.165, 1.54) is 0 Å². The quantitative estimate of drug-likeness (QED) is 0.634. The average molecular weight is 189 g/mol. The molecule has 0 aromatic rings. The van der Waals surface area contributed by atoms with E-state index in [4.69, 9.17) is 14.2 Å². The van der Waals surface area contributed by atoms with Gasteiger partial charge in [0.2, 0.25) is 0 Å². The van der Waals surface area contributed by atoms with E-state index in [1.807, 2.05) is 0 Å². The van der Waals surface area contributed by atoms with Crippen LogP contribution in [0.15, 0.2) is 0 Å². The maximum Gasteiger partial charge on any atom is 0.171 e. The van der Waals surface area contributed by atoms with Crippen LogP contribution in [-0.2, 0) is 14.2 Å². The van der Waals surface area contributed by atoms with Crippen LogP contribution in [0.4, 0.5) is 0 Å². The second kappa shape index (κ2) is 5.54. The standard InChI is InChI=1S/C9H19NO3/c1-11-6-7-4-5-8(10-7)9(12-2)13-3/h7-10H,4-6H2,1-3H3. The molecule has 4 heteroatoms. The Kier molecular flexibility index (Phi) is 4.66. The normalized spacial score (nSPS) is 28.6. The lowest BCUT2D eigenvalue weighted by atomic mass is 10.2. The molecule has 1 aliphatic heterocycles. The van der Waals surface area contributed by atoms with Gasteiger partial charge in [-0.3, -0.25) is 0 Å². The van der Waals surface area contributed by atoms with Gasteiger partial charge >= 0.3 is 0 Å². The first-order valence-electron chi connectivity index (χ1n) is 4.62. The van der Waals surface area contributed by atoms with E-state index in [-0.39, 0.29) is 6.29 Å². The molecule has 1 heterocycles. The first kappa shape index (κ1) is 10.9. The van der Waals surface area contributed by atoms with E-state index in [2.05, 4.69) is 5.32 Å². The monoisotopic (exact) mass is 189 g/mol. The summed E-state index contributed by atoms with van der Waals surface area (Å²) in [7, 11) is 5.05. The number of methoxy groups -OCH3 is 3. The SMILES string of the molecule is COCC1CCC(C(OC)OC)N1. The van der Waals surface area contributed by atoms with E-state index in [9.17, 15) is 0 Å². The lowest BCUT2D eigenvalue weighted by Gasteiger charge is -2.21. The second-order valence-corrected chi connectivity index (χ2v) is 3.34. The average Bonchev–Trinajstić information content (AvgIpc) is 2.56. The van der Waals surface area contributed by atoms with Gasteiger partial charge in [-0.25, -0.2) is 0 Å². The fraction of sp³-hybridized carbons (Fsp3) is 1.00. The summed E-state index contributed by atoms with van der Waals surface area (Å²) in [6.45, 7) is 0.761. The lowest BCUT2D eigenvalue weighted by Crippen LogP contribution is -2.41. The molecule has 2 unspecified atom stereocenters. The van der Waals surface area contributed by atoms with Crippen molar-refractivity contribution in [3.05, 3.63) is 0 Å². The van der Waals surface area contributed by atoms with E-state index in [0.717, 1.165) is 19.4 Å². The molecular weight excluding hydrogens is 170 g/mol. The minimum absolute atomic E-state index is 0.137. The zero-order valence-electron chi connectivity index (χ0n) is 8.58. The van der Waals surface area contributed by atoms with Gasteiger partial charge < -0.3 is 19.5 Å². The maximum atomic E-state index is 5.18. The minimum Gasteiger partial charge on any atom is -0.383 e. The molecule has 0 bridgehead atoms. The van der Waals surface area contributed by atoms with Gasteiger partial charge in [-0.05, 0) is 12.8 Å². The molecule has 13 heavy (non-hydrogen) atoms. The van der Waals surface area contributed by atoms with Crippen molar-refractivity contribution in [2.24, 2.45) is 0 Å². The summed E-state index contributed by atoms with van der Waals surface area (Å²) >= 11 is 0. The van der Waals surface area contributed by atoms with Gasteiger partial charge in [0, 0.05) is 27.4 Å². The van der Waals surface area contributed by atoms with E-state index >= 15 is 0 Å². The highest BCUT2D eigenvalue weighted by Gasteiger charge is 2.29. The fourth-order valence-corrected chi connectivity index (χ4v) is 1.82. The Morgan fingerprint density at radius 1 is 1.23 bits per heavy atom. The third-order valence-corrected chi connectivity index (χ3v) is 2.44. The van der Waals surface area contributed by atoms with Crippen molar-refractivity contribution >= 4 is 0 Å². The highest BCUT2D eigenvalue weighted by molar-refractivity contribution is 4.85. The zero-order valence-corrected chi connectivity index (χ0v) is 8.58. The van der Waals surface area contributed by atoms with Crippen LogP contribution < -0.4 is 5.32 Å². The number of rotatable bonds is 5. The van der Waals surface area contributed by atoms with Crippen LogP contribution in [0.5, 0.6) is 0 Å². The number of nitrogens with one attached hydrogen (secondary N) is 1. The molecule has 1 aliphatic rings. The lowest BCUT2D eigenvalue weighted by molar-refractivity contribution is -0.120. The third kappa shape index (κ3) is 2.91. The van der Waals surface area contributed by atoms with Crippen molar-refractivity contribution in [1.82, 2.24) is 5.32 Å². The van der Waals surface area contributed by atoms with Crippen LogP contribution in [0.1, 0.15) is 12.8 Å². The Bertz CT molecular complexity index is 139. The molecule has 0 spiro atoms. The molecule has 78 valence electrons. The van der Waals surface area contributed by atoms with Crippen molar-refractivity contribution in [2.75, 3.05) is 27.9 Å². The van der Waals surface area contributed by atoms with Crippen molar-refractivity contribution in [3.8, 4) is 0 Å². The molecule has 0 amide bonds. The van der Waals surface area contributed by atoms with Crippen LogP contribution in [0.2, 0.25) is 0 Å². The Morgan fingerprint density at radius 3 is 2.46 bits per heavy atom. The zero-order chi connectivity index (χ0) is 9.68. The molecule has 0 aromatic carbocycles. The van der Waals surface area contributed by atoms with Gasteiger partial charge in [0.25, 0.3) is 0 Å². The molecule has 0 aliphatic carbocycles. The Balaban J connectivity index is 2.30. The number of ether oxygens (including phenoxy) is 3. The smallest absolute Gasteiger partial charge is 0.171 e. The van der Waals surface area contributed by atoms with Crippen molar-refractivity contribution in [2.45, 2.75) is 31.2 Å². The molecule has 1 saturated heterocycles. The Morgan fingerprint density at radius 2 is 1.92 bits per heavy atom.